The summed E-state index contributed by atoms with van der Waals surface area (Å²) in [5, 5.41) is 11.9. The molecule has 120 valence electrons. The Morgan fingerprint density at radius 3 is 2.55 bits per heavy atom. The first-order valence-corrected chi connectivity index (χ1v) is 7.76. The summed E-state index contributed by atoms with van der Waals surface area (Å²) >= 11 is 0. The third-order valence-corrected chi connectivity index (χ3v) is 4.16. The first-order valence-electron chi connectivity index (χ1n) is 7.76. The maximum Gasteiger partial charge on any atom is 0.338 e. The summed E-state index contributed by atoms with van der Waals surface area (Å²) in [4.78, 5) is 23.7. The van der Waals surface area contributed by atoms with Crippen LogP contribution < -0.4 is 5.32 Å². The maximum atomic E-state index is 11.9. The predicted octanol–water partition coefficient (Wildman–Crippen LogP) is 2.03. The van der Waals surface area contributed by atoms with E-state index in [1.54, 1.807) is 24.3 Å². The van der Waals surface area contributed by atoms with Crippen LogP contribution >= 0.6 is 0 Å². The van der Waals surface area contributed by atoms with E-state index in [9.17, 15) is 9.59 Å². The first-order chi connectivity index (χ1) is 10.6. The zero-order valence-electron chi connectivity index (χ0n) is 12.9. The van der Waals surface area contributed by atoms with E-state index in [1.165, 1.54) is 6.42 Å². The van der Waals surface area contributed by atoms with Crippen LogP contribution in [0.15, 0.2) is 24.3 Å². The number of carbonyl (C=O) groups excluding carboxylic acids is 2. The molecule has 0 heterocycles. The van der Waals surface area contributed by atoms with Crippen molar-refractivity contribution < 1.29 is 19.4 Å². The van der Waals surface area contributed by atoms with Gasteiger partial charge in [0.15, 0.2) is 6.61 Å². The minimum absolute atomic E-state index is 0.0721. The third kappa shape index (κ3) is 4.56. The molecule has 1 aromatic rings. The number of benzene rings is 1. The van der Waals surface area contributed by atoms with Crippen LogP contribution in [0.4, 0.5) is 0 Å². The number of aliphatic hydroxyl groups excluding tert-OH is 1. The Morgan fingerprint density at radius 2 is 1.91 bits per heavy atom. The Hall–Kier alpha value is -1.88. The van der Waals surface area contributed by atoms with Crippen LogP contribution in [0.1, 0.15) is 48.5 Å². The topological polar surface area (TPSA) is 75.6 Å². The molecular formula is C17H23NO4. The Bertz CT molecular complexity index is 512. The molecule has 0 bridgehead atoms. The van der Waals surface area contributed by atoms with Crippen molar-refractivity contribution in [3.8, 4) is 0 Å². The van der Waals surface area contributed by atoms with E-state index in [1.807, 2.05) is 0 Å². The second kappa shape index (κ2) is 7.94. The van der Waals surface area contributed by atoms with Crippen molar-refractivity contribution in [2.45, 2.75) is 45.3 Å². The molecule has 2 atom stereocenters. The van der Waals surface area contributed by atoms with Crippen molar-refractivity contribution in [2.75, 3.05) is 6.61 Å². The van der Waals surface area contributed by atoms with Crippen molar-refractivity contribution in [1.29, 1.82) is 0 Å². The van der Waals surface area contributed by atoms with Gasteiger partial charge in [0.05, 0.1) is 12.2 Å². The fourth-order valence-electron chi connectivity index (χ4n) is 2.74. The second-order valence-electron chi connectivity index (χ2n) is 5.87. The van der Waals surface area contributed by atoms with Gasteiger partial charge in [0.2, 0.25) is 0 Å². The van der Waals surface area contributed by atoms with Gasteiger partial charge in [-0.25, -0.2) is 4.79 Å². The monoisotopic (exact) mass is 305 g/mol. The van der Waals surface area contributed by atoms with Crippen LogP contribution in [-0.2, 0) is 16.1 Å². The van der Waals surface area contributed by atoms with Gasteiger partial charge in [-0.3, -0.25) is 4.79 Å². The number of carbonyl (C=O) groups is 2. The summed E-state index contributed by atoms with van der Waals surface area (Å²) in [6, 6.07) is 6.65. The molecule has 0 unspecified atom stereocenters. The highest BCUT2D eigenvalue weighted by Crippen LogP contribution is 2.23. The molecular weight excluding hydrogens is 282 g/mol. The van der Waals surface area contributed by atoms with Gasteiger partial charge in [0.25, 0.3) is 5.91 Å². The lowest BCUT2D eigenvalue weighted by atomic mass is 9.86. The van der Waals surface area contributed by atoms with Gasteiger partial charge in [-0.05, 0) is 36.5 Å². The third-order valence-electron chi connectivity index (χ3n) is 4.16. The van der Waals surface area contributed by atoms with E-state index >= 15 is 0 Å². The summed E-state index contributed by atoms with van der Waals surface area (Å²) in [5.74, 6) is -0.310. The zero-order valence-corrected chi connectivity index (χ0v) is 12.9. The molecule has 5 nitrogen and oxygen atoms in total. The maximum absolute atomic E-state index is 11.9. The summed E-state index contributed by atoms with van der Waals surface area (Å²) in [6.45, 7) is 1.81. The van der Waals surface area contributed by atoms with Gasteiger partial charge >= 0.3 is 5.97 Å². The lowest BCUT2D eigenvalue weighted by molar-refractivity contribution is -0.125. The summed E-state index contributed by atoms with van der Waals surface area (Å²) in [6.07, 6.45) is 4.46. The highest BCUT2D eigenvalue weighted by atomic mass is 16.5. The minimum atomic E-state index is -0.531. The Labute approximate surface area is 130 Å². The van der Waals surface area contributed by atoms with Crippen LogP contribution in [0.25, 0.3) is 0 Å². The number of esters is 1. The predicted molar refractivity (Wildman–Crippen MR) is 82.2 cm³/mol. The smallest absolute Gasteiger partial charge is 0.338 e. The number of amides is 1. The summed E-state index contributed by atoms with van der Waals surface area (Å²) in [5.41, 5.74) is 1.09. The van der Waals surface area contributed by atoms with Gasteiger partial charge in [-0.15, -0.1) is 0 Å². The van der Waals surface area contributed by atoms with Gasteiger partial charge in [-0.2, -0.15) is 0 Å². The second-order valence-corrected chi connectivity index (χ2v) is 5.87. The molecule has 0 radical (unpaired) electrons. The molecule has 1 aliphatic carbocycles. The van der Waals surface area contributed by atoms with E-state index in [0.717, 1.165) is 24.8 Å². The van der Waals surface area contributed by atoms with Gasteiger partial charge < -0.3 is 15.2 Å². The van der Waals surface area contributed by atoms with Crippen LogP contribution in [0.5, 0.6) is 0 Å². The molecule has 0 saturated heterocycles. The highest BCUT2D eigenvalue weighted by Gasteiger charge is 2.23. The number of rotatable bonds is 5. The normalized spacial score (nSPS) is 21.2. The SMILES string of the molecule is C[C@@H]1CCCC[C@@H]1NC(=O)COC(=O)c1ccc(CO)cc1. The fourth-order valence-corrected chi connectivity index (χ4v) is 2.74. The lowest BCUT2D eigenvalue weighted by Crippen LogP contribution is -2.42. The molecule has 1 saturated carbocycles. The molecule has 22 heavy (non-hydrogen) atoms. The average molecular weight is 305 g/mol. The molecule has 1 amide bonds. The van der Waals surface area contributed by atoms with Crippen LogP contribution in [-0.4, -0.2) is 29.6 Å². The molecule has 1 aromatic carbocycles. The highest BCUT2D eigenvalue weighted by molar-refractivity contribution is 5.91. The van der Waals surface area contributed by atoms with E-state index in [4.69, 9.17) is 9.84 Å². The lowest BCUT2D eigenvalue weighted by Gasteiger charge is -2.29. The summed E-state index contributed by atoms with van der Waals surface area (Å²) < 4.78 is 5.03. The Morgan fingerprint density at radius 1 is 1.23 bits per heavy atom. The molecule has 2 rings (SSSR count). The molecule has 1 aliphatic rings. The first kappa shape index (κ1) is 16.5. The largest absolute Gasteiger partial charge is 0.452 e. The molecule has 1 fully saturated rings. The zero-order chi connectivity index (χ0) is 15.9. The quantitative estimate of drug-likeness (QED) is 0.816. The number of ether oxygens (including phenoxy) is 1. The number of aliphatic hydroxyl groups is 1. The van der Waals surface area contributed by atoms with E-state index in [2.05, 4.69) is 12.2 Å². The van der Waals surface area contributed by atoms with Crippen molar-refractivity contribution in [3.63, 3.8) is 0 Å². The molecule has 2 N–H and O–H groups in total. The van der Waals surface area contributed by atoms with Gasteiger partial charge in [0.1, 0.15) is 0 Å². The van der Waals surface area contributed by atoms with E-state index in [0.29, 0.717) is 11.5 Å². The van der Waals surface area contributed by atoms with E-state index < -0.39 is 5.97 Å². The average Bonchev–Trinajstić information content (AvgIpc) is 2.55. The van der Waals surface area contributed by atoms with Gasteiger partial charge in [-0.1, -0.05) is 31.9 Å². The molecule has 0 aromatic heterocycles. The molecule has 0 spiro atoms. The summed E-state index contributed by atoms with van der Waals surface area (Å²) in [7, 11) is 0. The minimum Gasteiger partial charge on any atom is -0.452 e. The number of nitrogens with one attached hydrogen (secondary N) is 1. The van der Waals surface area contributed by atoms with Crippen molar-refractivity contribution in [2.24, 2.45) is 5.92 Å². The number of hydrogen-bond acceptors (Lipinski definition) is 4. The van der Waals surface area contributed by atoms with Crippen molar-refractivity contribution in [1.82, 2.24) is 5.32 Å². The fraction of sp³-hybridized carbons (Fsp3) is 0.529. The van der Waals surface area contributed by atoms with Gasteiger partial charge in [0, 0.05) is 6.04 Å². The van der Waals surface area contributed by atoms with Crippen LogP contribution in [0.3, 0.4) is 0 Å². The number of hydrogen-bond donors (Lipinski definition) is 2. The van der Waals surface area contributed by atoms with Crippen molar-refractivity contribution in [3.05, 3.63) is 35.4 Å². The Kier molecular flexibility index (Phi) is 5.95. The van der Waals surface area contributed by atoms with Crippen LogP contribution in [0.2, 0.25) is 0 Å². The molecule has 0 aliphatic heterocycles. The standard InChI is InChI=1S/C17H23NO4/c1-12-4-2-3-5-15(12)18-16(20)11-22-17(21)14-8-6-13(10-19)7-9-14/h6-9,12,15,19H,2-5,10-11H2,1H3,(H,18,20)/t12-,15+/m1/s1. The van der Waals surface area contributed by atoms with Crippen molar-refractivity contribution >= 4 is 11.9 Å². The van der Waals surface area contributed by atoms with E-state index in [-0.39, 0.29) is 25.2 Å². The van der Waals surface area contributed by atoms with Crippen LogP contribution in [0, 0.1) is 5.92 Å². The molecule has 5 heteroatoms. The Balaban J connectivity index is 1.78.